The Balaban J connectivity index is 1.68. The van der Waals surface area contributed by atoms with Crippen LogP contribution in [-0.2, 0) is 4.74 Å². The highest BCUT2D eigenvalue weighted by Crippen LogP contribution is 2.35. The Hall–Kier alpha value is -1.20. The van der Waals surface area contributed by atoms with E-state index in [1.54, 1.807) is 0 Å². The van der Waals surface area contributed by atoms with E-state index in [-0.39, 0.29) is 6.09 Å². The molecule has 2 saturated heterocycles. The molecule has 4 nitrogen and oxygen atoms in total. The maximum absolute atomic E-state index is 11.5. The number of ether oxygens (including phenoxy) is 1. The number of carbonyl (C=O) groups is 1. The van der Waals surface area contributed by atoms with Crippen molar-refractivity contribution in [2.75, 3.05) is 38.5 Å². The number of rotatable bonds is 4. The van der Waals surface area contributed by atoms with Gasteiger partial charge in [0.1, 0.15) is 6.61 Å². The van der Waals surface area contributed by atoms with Crippen LogP contribution in [0.1, 0.15) is 18.5 Å². The monoisotopic (exact) mass is 306 g/mol. The number of cyclic esters (lactones) is 1. The van der Waals surface area contributed by atoms with Gasteiger partial charge < -0.3 is 9.64 Å². The summed E-state index contributed by atoms with van der Waals surface area (Å²) in [6.45, 7) is 6.33. The summed E-state index contributed by atoms with van der Waals surface area (Å²) >= 11 is 2.04. The van der Waals surface area contributed by atoms with E-state index < -0.39 is 0 Å². The lowest BCUT2D eigenvalue weighted by Crippen LogP contribution is -2.44. The van der Waals surface area contributed by atoms with Crippen molar-refractivity contribution >= 4 is 17.9 Å². The van der Waals surface area contributed by atoms with E-state index in [2.05, 4.69) is 42.2 Å². The van der Waals surface area contributed by atoms with Crippen molar-refractivity contribution < 1.29 is 9.53 Å². The van der Waals surface area contributed by atoms with Crippen LogP contribution in [0, 0.1) is 0 Å². The van der Waals surface area contributed by atoms with Gasteiger partial charge in [-0.3, -0.25) is 4.90 Å². The fraction of sp³-hybridized carbons (Fsp3) is 0.562. The summed E-state index contributed by atoms with van der Waals surface area (Å²) < 4.78 is 5.00. The van der Waals surface area contributed by atoms with E-state index in [0.717, 1.165) is 31.9 Å². The van der Waals surface area contributed by atoms with Crippen LogP contribution in [0.2, 0.25) is 0 Å². The minimum Gasteiger partial charge on any atom is -0.448 e. The highest BCUT2D eigenvalue weighted by molar-refractivity contribution is 8.00. The smallest absolute Gasteiger partial charge is 0.409 e. The highest BCUT2D eigenvalue weighted by atomic mass is 32.2. The van der Waals surface area contributed by atoms with Crippen LogP contribution >= 0.6 is 11.8 Å². The summed E-state index contributed by atoms with van der Waals surface area (Å²) in [4.78, 5) is 15.9. The standard InChI is InChI=1S/C16H22N2O2S/c1-13-15(14-5-3-2-4-6-14)17(10-12-21-13)7-8-18-9-11-20-16(18)19/h2-6,13,15H,7-12H2,1H3. The highest BCUT2D eigenvalue weighted by Gasteiger charge is 2.31. The zero-order chi connectivity index (χ0) is 14.7. The van der Waals surface area contributed by atoms with Gasteiger partial charge in [-0.25, -0.2) is 4.79 Å². The van der Waals surface area contributed by atoms with Crippen molar-refractivity contribution in [2.24, 2.45) is 0 Å². The molecule has 1 amide bonds. The molecule has 0 radical (unpaired) electrons. The number of amides is 1. The predicted octanol–water partition coefficient (Wildman–Crippen LogP) is 2.62. The second-order valence-corrected chi connectivity index (χ2v) is 7.05. The molecule has 1 aromatic carbocycles. The molecule has 114 valence electrons. The first kappa shape index (κ1) is 14.7. The van der Waals surface area contributed by atoms with Crippen molar-refractivity contribution in [2.45, 2.75) is 18.2 Å². The second kappa shape index (κ2) is 6.71. The molecule has 0 saturated carbocycles. The van der Waals surface area contributed by atoms with E-state index >= 15 is 0 Å². The third kappa shape index (κ3) is 3.35. The largest absolute Gasteiger partial charge is 0.448 e. The van der Waals surface area contributed by atoms with Crippen LogP contribution in [0.5, 0.6) is 0 Å². The molecule has 0 aliphatic carbocycles. The number of nitrogens with zero attached hydrogens (tertiary/aromatic N) is 2. The van der Waals surface area contributed by atoms with Crippen LogP contribution in [0.25, 0.3) is 0 Å². The molecule has 21 heavy (non-hydrogen) atoms. The van der Waals surface area contributed by atoms with Gasteiger partial charge in [-0.05, 0) is 5.56 Å². The Labute approximate surface area is 130 Å². The molecule has 0 N–H and O–H groups in total. The molecule has 2 aliphatic heterocycles. The maximum atomic E-state index is 11.5. The Bertz CT molecular complexity index is 482. The van der Waals surface area contributed by atoms with Crippen LogP contribution in [-0.4, -0.2) is 59.7 Å². The summed E-state index contributed by atoms with van der Waals surface area (Å²) in [6, 6.07) is 11.1. The quantitative estimate of drug-likeness (QED) is 0.856. The lowest BCUT2D eigenvalue weighted by atomic mass is 10.0. The van der Waals surface area contributed by atoms with Crippen molar-refractivity contribution in [3.8, 4) is 0 Å². The molecule has 3 rings (SSSR count). The van der Waals surface area contributed by atoms with Gasteiger partial charge in [0.15, 0.2) is 0 Å². The van der Waals surface area contributed by atoms with Gasteiger partial charge in [-0.2, -0.15) is 11.8 Å². The topological polar surface area (TPSA) is 32.8 Å². The zero-order valence-electron chi connectivity index (χ0n) is 12.4. The summed E-state index contributed by atoms with van der Waals surface area (Å²) in [5.74, 6) is 1.16. The lowest BCUT2D eigenvalue weighted by Gasteiger charge is -2.40. The number of hydrogen-bond donors (Lipinski definition) is 0. The molecular formula is C16H22N2O2S. The van der Waals surface area contributed by atoms with Gasteiger partial charge >= 0.3 is 6.09 Å². The lowest BCUT2D eigenvalue weighted by molar-refractivity contribution is 0.145. The van der Waals surface area contributed by atoms with Crippen molar-refractivity contribution in [1.82, 2.24) is 9.80 Å². The fourth-order valence-electron chi connectivity index (χ4n) is 3.14. The van der Waals surface area contributed by atoms with Gasteiger partial charge in [0.25, 0.3) is 0 Å². The second-order valence-electron chi connectivity index (χ2n) is 5.57. The Kier molecular flexibility index (Phi) is 4.70. The SMILES string of the molecule is CC1SCCN(CCN2CCOC2=O)C1c1ccccc1. The Morgan fingerprint density at radius 1 is 1.24 bits per heavy atom. The van der Waals surface area contributed by atoms with Crippen LogP contribution in [0.15, 0.2) is 30.3 Å². The summed E-state index contributed by atoms with van der Waals surface area (Å²) in [6.07, 6.45) is -0.161. The fourth-order valence-corrected chi connectivity index (χ4v) is 4.37. The molecule has 0 aromatic heterocycles. The molecule has 2 unspecified atom stereocenters. The first-order valence-corrected chi connectivity index (χ1v) is 8.63. The normalized spacial score (nSPS) is 26.9. The predicted molar refractivity (Wildman–Crippen MR) is 85.6 cm³/mol. The summed E-state index contributed by atoms with van der Waals surface area (Å²) in [5.41, 5.74) is 1.38. The average molecular weight is 306 g/mol. The molecule has 2 heterocycles. The van der Waals surface area contributed by atoms with Crippen LogP contribution in [0.3, 0.4) is 0 Å². The van der Waals surface area contributed by atoms with Gasteiger partial charge in [0.2, 0.25) is 0 Å². The van der Waals surface area contributed by atoms with Crippen molar-refractivity contribution in [3.05, 3.63) is 35.9 Å². The van der Waals surface area contributed by atoms with Crippen molar-refractivity contribution in [1.29, 1.82) is 0 Å². The van der Waals surface area contributed by atoms with Gasteiger partial charge in [-0.15, -0.1) is 0 Å². The maximum Gasteiger partial charge on any atom is 0.409 e. The molecule has 5 heteroatoms. The Morgan fingerprint density at radius 3 is 2.76 bits per heavy atom. The zero-order valence-corrected chi connectivity index (χ0v) is 13.2. The molecule has 2 atom stereocenters. The van der Waals surface area contributed by atoms with E-state index in [0.29, 0.717) is 17.9 Å². The van der Waals surface area contributed by atoms with E-state index in [9.17, 15) is 4.79 Å². The molecule has 0 spiro atoms. The summed E-state index contributed by atoms with van der Waals surface area (Å²) in [5, 5.41) is 0.576. The minimum absolute atomic E-state index is 0.161. The molecule has 2 fully saturated rings. The number of hydrogen-bond acceptors (Lipinski definition) is 4. The Morgan fingerprint density at radius 2 is 2.05 bits per heavy atom. The van der Waals surface area contributed by atoms with Gasteiger partial charge in [0, 0.05) is 36.7 Å². The van der Waals surface area contributed by atoms with E-state index in [1.807, 2.05) is 16.7 Å². The first-order valence-electron chi connectivity index (χ1n) is 7.58. The third-order valence-corrected chi connectivity index (χ3v) is 5.44. The number of benzene rings is 1. The third-order valence-electron chi connectivity index (χ3n) is 4.24. The number of thioether (sulfide) groups is 1. The average Bonchev–Trinajstić information content (AvgIpc) is 2.91. The van der Waals surface area contributed by atoms with E-state index in [1.165, 1.54) is 5.56 Å². The van der Waals surface area contributed by atoms with Gasteiger partial charge in [-0.1, -0.05) is 37.3 Å². The molecular weight excluding hydrogens is 284 g/mol. The van der Waals surface area contributed by atoms with Crippen LogP contribution in [0.4, 0.5) is 4.79 Å². The summed E-state index contributed by atoms with van der Waals surface area (Å²) in [7, 11) is 0. The minimum atomic E-state index is -0.161. The molecule has 1 aromatic rings. The van der Waals surface area contributed by atoms with Crippen molar-refractivity contribution in [3.63, 3.8) is 0 Å². The van der Waals surface area contributed by atoms with E-state index in [4.69, 9.17) is 4.74 Å². The first-order chi connectivity index (χ1) is 10.3. The molecule has 2 aliphatic rings. The number of carbonyl (C=O) groups excluding carboxylic acids is 1. The van der Waals surface area contributed by atoms with Crippen LogP contribution < -0.4 is 0 Å². The molecule has 0 bridgehead atoms. The van der Waals surface area contributed by atoms with Gasteiger partial charge in [0.05, 0.1) is 6.54 Å².